The Morgan fingerprint density at radius 3 is 2.04 bits per heavy atom. The van der Waals surface area contributed by atoms with E-state index in [1.807, 2.05) is 0 Å². The van der Waals surface area contributed by atoms with E-state index in [1.165, 1.54) is 18.2 Å². The van der Waals surface area contributed by atoms with Gasteiger partial charge in [-0.15, -0.1) is 0 Å². The lowest BCUT2D eigenvalue weighted by Crippen LogP contribution is -2.41. The Morgan fingerprint density at radius 2 is 1.50 bits per heavy atom. The Morgan fingerprint density at radius 1 is 0.958 bits per heavy atom. The quantitative estimate of drug-likeness (QED) is 0.809. The first-order valence-electron chi connectivity index (χ1n) is 6.87. The third-order valence-corrected chi connectivity index (χ3v) is 4.09. The average molecular weight is 367 g/mol. The summed E-state index contributed by atoms with van der Waals surface area (Å²) in [5.74, 6) is -1.23. The molecule has 2 aromatic rings. The molecule has 0 unspecified atom stereocenters. The number of hydrogen-bond acceptors (Lipinski definition) is 4. The van der Waals surface area contributed by atoms with Crippen molar-refractivity contribution in [1.82, 2.24) is 10.9 Å². The summed E-state index contributed by atoms with van der Waals surface area (Å²) in [7, 11) is -3.20. The molecule has 0 aliphatic carbocycles. The maximum atomic E-state index is 12.1. The van der Waals surface area contributed by atoms with E-state index >= 15 is 0 Å². The number of carbonyl (C=O) groups is 2. The summed E-state index contributed by atoms with van der Waals surface area (Å²) >= 11 is 5.80. The maximum absolute atomic E-state index is 12.1. The maximum Gasteiger partial charge on any atom is 0.269 e. The Bertz CT molecular complexity index is 881. The molecule has 0 aliphatic heterocycles. The lowest BCUT2D eigenvalue weighted by molar-refractivity contribution is 0.0846. The van der Waals surface area contributed by atoms with Crippen LogP contribution in [0.1, 0.15) is 26.3 Å². The molecule has 0 radical (unpaired) electrons. The minimum atomic E-state index is -3.20. The molecule has 0 aliphatic rings. The molecule has 0 fully saturated rings. The van der Waals surface area contributed by atoms with Crippen LogP contribution in [0.25, 0.3) is 0 Å². The van der Waals surface area contributed by atoms with Gasteiger partial charge in [0, 0.05) is 22.4 Å². The molecule has 0 saturated carbocycles. The van der Waals surface area contributed by atoms with Gasteiger partial charge < -0.3 is 0 Å². The molecule has 0 atom stereocenters. The van der Waals surface area contributed by atoms with Crippen molar-refractivity contribution in [3.05, 3.63) is 70.2 Å². The van der Waals surface area contributed by atoms with Gasteiger partial charge in [-0.05, 0) is 35.9 Å². The number of benzene rings is 2. The smallest absolute Gasteiger partial charge is 0.267 e. The lowest BCUT2D eigenvalue weighted by Gasteiger charge is -2.08. The van der Waals surface area contributed by atoms with Crippen LogP contribution in [-0.2, 0) is 15.6 Å². The molecule has 8 heteroatoms. The number of nitrogens with one attached hydrogen (secondary N) is 2. The third-order valence-electron chi connectivity index (χ3n) is 2.99. The van der Waals surface area contributed by atoms with Gasteiger partial charge in [0.2, 0.25) is 0 Å². The first-order chi connectivity index (χ1) is 11.2. The van der Waals surface area contributed by atoms with Gasteiger partial charge in [0.1, 0.15) is 0 Å². The molecule has 2 rings (SSSR count). The zero-order valence-electron chi connectivity index (χ0n) is 12.7. The summed E-state index contributed by atoms with van der Waals surface area (Å²) in [4.78, 5) is 24.0. The summed E-state index contributed by atoms with van der Waals surface area (Å²) in [6.07, 6.45) is 1.12. The highest BCUT2D eigenvalue weighted by atomic mass is 35.5. The van der Waals surface area contributed by atoms with Gasteiger partial charge in [-0.25, -0.2) is 8.42 Å². The van der Waals surface area contributed by atoms with Crippen LogP contribution < -0.4 is 10.9 Å². The molecule has 2 amide bonds. The third kappa shape index (κ3) is 5.36. The summed E-state index contributed by atoms with van der Waals surface area (Å²) in [5, 5.41) is 0.405. The summed E-state index contributed by atoms with van der Waals surface area (Å²) in [6.45, 7) is 0. The molecule has 0 bridgehead atoms. The van der Waals surface area contributed by atoms with E-state index in [1.54, 1.807) is 30.3 Å². The number of halogens is 1. The predicted octanol–water partition coefficient (Wildman–Crippen LogP) is 1.96. The Labute approximate surface area is 144 Å². The van der Waals surface area contributed by atoms with Crippen molar-refractivity contribution in [3.63, 3.8) is 0 Å². The number of amides is 2. The molecule has 24 heavy (non-hydrogen) atoms. The molecule has 126 valence electrons. The van der Waals surface area contributed by atoms with Gasteiger partial charge in [0.15, 0.2) is 9.84 Å². The number of rotatable bonds is 4. The summed E-state index contributed by atoms with van der Waals surface area (Å²) in [6, 6.07) is 12.4. The van der Waals surface area contributed by atoms with Crippen LogP contribution in [0.4, 0.5) is 0 Å². The first kappa shape index (κ1) is 18.0. The van der Waals surface area contributed by atoms with Gasteiger partial charge in [-0.3, -0.25) is 20.4 Å². The highest BCUT2D eigenvalue weighted by Crippen LogP contribution is 2.11. The molecule has 2 aromatic carbocycles. The van der Waals surface area contributed by atoms with E-state index in [4.69, 9.17) is 11.6 Å². The van der Waals surface area contributed by atoms with Crippen LogP contribution in [0.3, 0.4) is 0 Å². The second kappa shape index (κ2) is 7.46. The van der Waals surface area contributed by atoms with Gasteiger partial charge in [0.05, 0.1) is 5.75 Å². The number of carbonyl (C=O) groups excluding carboxylic acids is 2. The van der Waals surface area contributed by atoms with Crippen LogP contribution >= 0.6 is 11.6 Å². The normalized spacial score (nSPS) is 10.9. The van der Waals surface area contributed by atoms with Crippen LogP contribution in [0.5, 0.6) is 0 Å². The zero-order valence-corrected chi connectivity index (χ0v) is 14.3. The van der Waals surface area contributed by atoms with Crippen molar-refractivity contribution in [2.75, 3.05) is 6.26 Å². The van der Waals surface area contributed by atoms with Crippen molar-refractivity contribution < 1.29 is 18.0 Å². The van der Waals surface area contributed by atoms with Crippen molar-refractivity contribution in [1.29, 1.82) is 0 Å². The Balaban J connectivity index is 2.02. The lowest BCUT2D eigenvalue weighted by atomic mass is 10.1. The fourth-order valence-electron chi connectivity index (χ4n) is 1.99. The molecular formula is C16H15ClN2O4S. The number of sulfone groups is 1. The minimum Gasteiger partial charge on any atom is -0.267 e. The highest BCUT2D eigenvalue weighted by Gasteiger charge is 2.11. The SMILES string of the molecule is CS(=O)(=O)Cc1cccc(C(=O)NNC(=O)c2cccc(Cl)c2)c1. The van der Waals surface area contributed by atoms with Crippen LogP contribution in [0.15, 0.2) is 48.5 Å². The fraction of sp³-hybridized carbons (Fsp3) is 0.125. The molecule has 0 aromatic heterocycles. The van der Waals surface area contributed by atoms with Crippen LogP contribution in [0.2, 0.25) is 5.02 Å². The first-order valence-corrected chi connectivity index (χ1v) is 9.31. The zero-order chi connectivity index (χ0) is 17.7. The minimum absolute atomic E-state index is 0.164. The monoisotopic (exact) mass is 366 g/mol. The van der Waals surface area contributed by atoms with Crippen LogP contribution in [-0.4, -0.2) is 26.5 Å². The molecule has 0 heterocycles. The van der Waals surface area contributed by atoms with Crippen molar-refractivity contribution in [2.24, 2.45) is 0 Å². The topological polar surface area (TPSA) is 92.3 Å². The van der Waals surface area contributed by atoms with Crippen molar-refractivity contribution in [2.45, 2.75) is 5.75 Å². The van der Waals surface area contributed by atoms with Crippen molar-refractivity contribution in [3.8, 4) is 0 Å². The molecular weight excluding hydrogens is 352 g/mol. The van der Waals surface area contributed by atoms with Crippen molar-refractivity contribution >= 4 is 33.3 Å². The second-order valence-electron chi connectivity index (χ2n) is 5.19. The molecule has 0 spiro atoms. The summed E-state index contributed by atoms with van der Waals surface area (Å²) < 4.78 is 22.6. The average Bonchev–Trinajstić information content (AvgIpc) is 2.51. The van der Waals surface area contributed by atoms with Gasteiger partial charge >= 0.3 is 0 Å². The molecule has 0 saturated heterocycles. The highest BCUT2D eigenvalue weighted by molar-refractivity contribution is 7.89. The largest absolute Gasteiger partial charge is 0.269 e. The number of hydrazine groups is 1. The number of hydrogen-bond donors (Lipinski definition) is 2. The molecule has 2 N–H and O–H groups in total. The second-order valence-corrected chi connectivity index (χ2v) is 7.77. The van der Waals surface area contributed by atoms with Gasteiger partial charge in [-0.2, -0.15) is 0 Å². The van der Waals surface area contributed by atoms with E-state index in [0.29, 0.717) is 16.1 Å². The van der Waals surface area contributed by atoms with Gasteiger partial charge in [0.25, 0.3) is 11.8 Å². The van der Waals surface area contributed by atoms with E-state index in [0.717, 1.165) is 6.26 Å². The van der Waals surface area contributed by atoms with E-state index in [-0.39, 0.29) is 11.3 Å². The summed E-state index contributed by atoms with van der Waals surface area (Å²) in [5.41, 5.74) is 5.58. The van der Waals surface area contributed by atoms with Gasteiger partial charge in [-0.1, -0.05) is 29.8 Å². The van der Waals surface area contributed by atoms with E-state index < -0.39 is 21.7 Å². The molecule has 6 nitrogen and oxygen atoms in total. The predicted molar refractivity (Wildman–Crippen MR) is 91.4 cm³/mol. The Hall–Kier alpha value is -2.38. The Kier molecular flexibility index (Phi) is 5.58. The fourth-order valence-corrected chi connectivity index (χ4v) is 2.97. The van der Waals surface area contributed by atoms with E-state index in [2.05, 4.69) is 10.9 Å². The van der Waals surface area contributed by atoms with Crippen LogP contribution in [0, 0.1) is 0 Å². The van der Waals surface area contributed by atoms with E-state index in [9.17, 15) is 18.0 Å². The standard InChI is InChI=1S/C16H15ClN2O4S/c1-24(22,23)10-11-4-2-5-12(8-11)15(20)18-19-16(21)13-6-3-7-14(17)9-13/h2-9H,10H2,1H3,(H,18,20)(H,19,21).